The van der Waals surface area contributed by atoms with Gasteiger partial charge in [-0.1, -0.05) is 54.6 Å². The molecule has 0 radical (unpaired) electrons. The number of rotatable bonds is 4. The number of hydrogen-bond acceptors (Lipinski definition) is 2. The maximum atomic E-state index is 12.3. The Morgan fingerprint density at radius 1 is 0.846 bits per heavy atom. The molecule has 0 unspecified atom stereocenters. The molecule has 26 heavy (non-hydrogen) atoms. The molecule has 3 N–H and O–H groups in total. The molecule has 3 aromatic carbocycles. The number of hydrogen-bond donors (Lipinski definition) is 2. The summed E-state index contributed by atoms with van der Waals surface area (Å²) in [6.07, 6.45) is 0. The minimum Gasteiger partial charge on any atom is -0.332 e. The van der Waals surface area contributed by atoms with Gasteiger partial charge in [0.25, 0.3) is 5.56 Å². The van der Waals surface area contributed by atoms with Crippen molar-refractivity contribution in [1.29, 1.82) is 0 Å². The number of aromatic nitrogens is 2. The lowest BCUT2D eigenvalue weighted by molar-refractivity contribution is -0.729. The van der Waals surface area contributed by atoms with Crippen molar-refractivity contribution in [3.63, 3.8) is 0 Å². The standard InChI is InChI=1S/C22H21N3O/c1-14(17-12-7-9-16-8-3-4-10-18(16)17)23-15(2)21-24-20-13-6-5-11-19(20)22(26)25-21/h3-15,23H,1-2H3,(H,24,25,26)/p+1/t14-,15+/m1/s1. The molecule has 0 aliphatic carbocycles. The Labute approximate surface area is 151 Å². The van der Waals surface area contributed by atoms with Crippen molar-refractivity contribution in [3.8, 4) is 0 Å². The van der Waals surface area contributed by atoms with Crippen molar-refractivity contribution in [2.75, 3.05) is 0 Å². The summed E-state index contributed by atoms with van der Waals surface area (Å²) < 4.78 is 0. The average Bonchev–Trinajstić information content (AvgIpc) is 2.67. The molecule has 130 valence electrons. The Morgan fingerprint density at radius 2 is 1.54 bits per heavy atom. The summed E-state index contributed by atoms with van der Waals surface area (Å²) >= 11 is 0. The molecule has 1 aromatic heterocycles. The lowest BCUT2D eigenvalue weighted by atomic mass is 9.99. The first-order chi connectivity index (χ1) is 12.6. The Kier molecular flexibility index (Phi) is 4.27. The van der Waals surface area contributed by atoms with Gasteiger partial charge in [-0.3, -0.25) is 4.79 Å². The van der Waals surface area contributed by atoms with Crippen LogP contribution in [0.5, 0.6) is 0 Å². The van der Waals surface area contributed by atoms with Gasteiger partial charge < -0.3 is 10.3 Å². The van der Waals surface area contributed by atoms with Crippen LogP contribution in [0.2, 0.25) is 0 Å². The van der Waals surface area contributed by atoms with Crippen molar-refractivity contribution in [2.24, 2.45) is 0 Å². The van der Waals surface area contributed by atoms with Crippen LogP contribution in [0.3, 0.4) is 0 Å². The van der Waals surface area contributed by atoms with Crippen LogP contribution in [-0.4, -0.2) is 9.97 Å². The molecule has 0 aliphatic heterocycles. The quantitative estimate of drug-likeness (QED) is 0.595. The number of nitrogens with two attached hydrogens (primary N) is 1. The molecule has 0 fully saturated rings. The van der Waals surface area contributed by atoms with E-state index in [2.05, 4.69) is 71.6 Å². The summed E-state index contributed by atoms with van der Waals surface area (Å²) in [6.45, 7) is 4.27. The molecular weight excluding hydrogens is 322 g/mol. The summed E-state index contributed by atoms with van der Waals surface area (Å²) in [5, 5.41) is 5.39. The first-order valence-corrected chi connectivity index (χ1v) is 8.95. The van der Waals surface area contributed by atoms with Crippen molar-refractivity contribution in [2.45, 2.75) is 25.9 Å². The van der Waals surface area contributed by atoms with Crippen molar-refractivity contribution < 1.29 is 5.32 Å². The zero-order chi connectivity index (χ0) is 18.1. The Balaban J connectivity index is 1.65. The van der Waals surface area contributed by atoms with E-state index < -0.39 is 0 Å². The molecule has 4 rings (SSSR count). The van der Waals surface area contributed by atoms with E-state index in [4.69, 9.17) is 0 Å². The van der Waals surface area contributed by atoms with E-state index >= 15 is 0 Å². The van der Waals surface area contributed by atoms with E-state index in [1.165, 1.54) is 16.3 Å². The molecule has 0 saturated heterocycles. The zero-order valence-corrected chi connectivity index (χ0v) is 14.9. The number of H-pyrrole nitrogens is 1. The van der Waals surface area contributed by atoms with Gasteiger partial charge in [0, 0.05) is 5.56 Å². The highest BCUT2D eigenvalue weighted by Gasteiger charge is 2.19. The van der Waals surface area contributed by atoms with Gasteiger partial charge in [-0.2, -0.15) is 0 Å². The van der Waals surface area contributed by atoms with Crippen molar-refractivity contribution >= 4 is 21.7 Å². The molecule has 0 saturated carbocycles. The van der Waals surface area contributed by atoms with E-state index in [0.29, 0.717) is 11.2 Å². The lowest BCUT2D eigenvalue weighted by Gasteiger charge is -2.18. The number of benzene rings is 3. The second-order valence-electron chi connectivity index (χ2n) is 6.81. The van der Waals surface area contributed by atoms with Gasteiger partial charge in [-0.15, -0.1) is 0 Å². The number of quaternary nitrogens is 1. The molecular formula is C22H22N3O+. The smallest absolute Gasteiger partial charge is 0.258 e. The van der Waals surface area contributed by atoms with Gasteiger partial charge >= 0.3 is 0 Å². The van der Waals surface area contributed by atoms with Crippen LogP contribution < -0.4 is 10.9 Å². The van der Waals surface area contributed by atoms with Crippen LogP contribution in [0.1, 0.15) is 37.3 Å². The van der Waals surface area contributed by atoms with E-state index in [1.54, 1.807) is 6.07 Å². The number of fused-ring (bicyclic) bond motifs is 2. The highest BCUT2D eigenvalue weighted by molar-refractivity contribution is 5.85. The zero-order valence-electron chi connectivity index (χ0n) is 14.9. The highest BCUT2D eigenvalue weighted by Crippen LogP contribution is 2.22. The molecule has 0 spiro atoms. The van der Waals surface area contributed by atoms with E-state index in [1.807, 2.05) is 18.2 Å². The van der Waals surface area contributed by atoms with Gasteiger partial charge in [-0.05, 0) is 36.8 Å². The predicted octanol–water partition coefficient (Wildman–Crippen LogP) is 3.46. The fourth-order valence-corrected chi connectivity index (χ4v) is 3.60. The Hall–Kier alpha value is -2.98. The summed E-state index contributed by atoms with van der Waals surface area (Å²) in [4.78, 5) is 19.9. The maximum absolute atomic E-state index is 12.3. The highest BCUT2D eigenvalue weighted by atomic mass is 16.1. The first kappa shape index (κ1) is 16.5. The van der Waals surface area contributed by atoms with Crippen LogP contribution in [-0.2, 0) is 0 Å². The normalized spacial score (nSPS) is 13.8. The SMILES string of the molecule is C[C@H]([NH2+][C@H](C)c1cccc2ccccc12)c1nc2ccccc2c(=O)[nH]1. The van der Waals surface area contributed by atoms with E-state index in [9.17, 15) is 4.79 Å². The molecule has 0 bridgehead atoms. The number of para-hydroxylation sites is 1. The third-order valence-corrected chi connectivity index (χ3v) is 4.95. The monoisotopic (exact) mass is 344 g/mol. The number of nitrogens with one attached hydrogen (secondary N) is 1. The van der Waals surface area contributed by atoms with Gasteiger partial charge in [0.05, 0.1) is 10.9 Å². The topological polar surface area (TPSA) is 62.4 Å². The summed E-state index contributed by atoms with van der Waals surface area (Å²) in [5.74, 6) is 0.709. The maximum Gasteiger partial charge on any atom is 0.258 e. The van der Waals surface area contributed by atoms with Crippen LogP contribution in [0.4, 0.5) is 0 Å². The Bertz CT molecular complexity index is 1130. The molecule has 0 amide bonds. The van der Waals surface area contributed by atoms with Gasteiger partial charge in [0.2, 0.25) is 0 Å². The van der Waals surface area contributed by atoms with Gasteiger partial charge in [-0.25, -0.2) is 4.98 Å². The second kappa shape index (κ2) is 6.73. The second-order valence-corrected chi connectivity index (χ2v) is 6.81. The third-order valence-electron chi connectivity index (χ3n) is 4.95. The largest absolute Gasteiger partial charge is 0.332 e. The molecule has 4 nitrogen and oxygen atoms in total. The number of nitrogens with zero attached hydrogens (tertiary/aromatic N) is 1. The van der Waals surface area contributed by atoms with Crippen LogP contribution in [0.15, 0.2) is 71.5 Å². The predicted molar refractivity (Wildman–Crippen MR) is 105 cm³/mol. The fraction of sp³-hybridized carbons (Fsp3) is 0.182. The fourth-order valence-electron chi connectivity index (χ4n) is 3.60. The number of aromatic amines is 1. The summed E-state index contributed by atoms with van der Waals surface area (Å²) in [5.41, 5.74) is 1.95. The molecule has 4 heteroatoms. The summed E-state index contributed by atoms with van der Waals surface area (Å²) in [6, 6.07) is 22.6. The van der Waals surface area contributed by atoms with Crippen LogP contribution in [0.25, 0.3) is 21.7 Å². The van der Waals surface area contributed by atoms with Gasteiger partial charge in [0.1, 0.15) is 12.1 Å². The molecule has 0 aliphatic rings. The summed E-state index contributed by atoms with van der Waals surface area (Å²) in [7, 11) is 0. The van der Waals surface area contributed by atoms with Crippen LogP contribution in [0, 0.1) is 0 Å². The molecule has 1 heterocycles. The Morgan fingerprint density at radius 3 is 2.38 bits per heavy atom. The first-order valence-electron chi connectivity index (χ1n) is 8.95. The lowest BCUT2D eigenvalue weighted by Crippen LogP contribution is -2.85. The minimum atomic E-state index is -0.0799. The van der Waals surface area contributed by atoms with Crippen molar-refractivity contribution in [3.05, 3.63) is 88.5 Å². The van der Waals surface area contributed by atoms with Crippen LogP contribution >= 0.6 is 0 Å². The third kappa shape index (κ3) is 3.00. The van der Waals surface area contributed by atoms with E-state index in [0.717, 1.165) is 5.52 Å². The van der Waals surface area contributed by atoms with Crippen molar-refractivity contribution in [1.82, 2.24) is 9.97 Å². The average molecular weight is 344 g/mol. The molecule has 2 atom stereocenters. The van der Waals surface area contributed by atoms with E-state index in [-0.39, 0.29) is 17.6 Å². The molecule has 4 aromatic rings. The van der Waals surface area contributed by atoms with Gasteiger partial charge in [0.15, 0.2) is 5.82 Å². The minimum absolute atomic E-state index is 0.0428.